The van der Waals surface area contributed by atoms with Crippen molar-refractivity contribution in [2.45, 2.75) is 18.7 Å². The largest absolute Gasteiger partial charge is 0.310 e. The van der Waals surface area contributed by atoms with Crippen molar-refractivity contribution in [1.82, 2.24) is 9.78 Å². The quantitative estimate of drug-likeness (QED) is 0.709. The molecule has 0 saturated carbocycles. The number of para-hydroxylation sites is 1. The molecule has 3 aromatic rings. The zero-order valence-corrected chi connectivity index (χ0v) is 14.5. The summed E-state index contributed by atoms with van der Waals surface area (Å²) in [6.07, 6.45) is 0. The molecule has 1 aromatic heterocycles. The van der Waals surface area contributed by atoms with Gasteiger partial charge in [0.2, 0.25) is 5.91 Å². The van der Waals surface area contributed by atoms with Gasteiger partial charge in [-0.25, -0.2) is 4.68 Å². The Bertz CT molecular complexity index is 826. The van der Waals surface area contributed by atoms with Crippen LogP contribution in [0.2, 0.25) is 0 Å². The first kappa shape index (κ1) is 16.3. The molecule has 5 heteroatoms. The predicted molar refractivity (Wildman–Crippen MR) is 98.8 cm³/mol. The molecule has 24 heavy (non-hydrogen) atoms. The maximum absolute atomic E-state index is 12.3. The van der Waals surface area contributed by atoms with E-state index in [2.05, 4.69) is 10.4 Å². The molecule has 3 rings (SSSR count). The van der Waals surface area contributed by atoms with Crippen LogP contribution in [-0.2, 0) is 4.79 Å². The third kappa shape index (κ3) is 4.06. The fraction of sp³-hybridized carbons (Fsp3) is 0.158. The SMILES string of the molecule is Cc1ccc(SCC(=O)Nc2cc(C)nn2-c2ccccc2)cc1. The standard InChI is InChI=1S/C19H19N3OS/c1-14-8-10-17(11-9-14)24-13-19(23)20-18-12-15(2)21-22(18)16-6-4-3-5-7-16/h3-12H,13H2,1-2H3,(H,20,23). The summed E-state index contributed by atoms with van der Waals surface area (Å²) < 4.78 is 1.75. The number of nitrogens with one attached hydrogen (secondary N) is 1. The molecule has 0 bridgehead atoms. The molecule has 1 amide bonds. The van der Waals surface area contributed by atoms with Gasteiger partial charge in [0.1, 0.15) is 5.82 Å². The number of rotatable bonds is 5. The Morgan fingerprint density at radius 2 is 1.79 bits per heavy atom. The van der Waals surface area contributed by atoms with Gasteiger partial charge in [0, 0.05) is 11.0 Å². The van der Waals surface area contributed by atoms with Gasteiger partial charge in [0.25, 0.3) is 0 Å². The summed E-state index contributed by atoms with van der Waals surface area (Å²) in [5.41, 5.74) is 3.00. The number of amides is 1. The second kappa shape index (κ2) is 7.36. The van der Waals surface area contributed by atoms with Gasteiger partial charge in [0.15, 0.2) is 0 Å². The fourth-order valence-electron chi connectivity index (χ4n) is 2.32. The molecule has 1 heterocycles. The lowest BCUT2D eigenvalue weighted by Gasteiger charge is -2.09. The van der Waals surface area contributed by atoms with Crippen LogP contribution in [0.25, 0.3) is 5.69 Å². The molecule has 0 fully saturated rings. The molecule has 0 aliphatic heterocycles. The van der Waals surface area contributed by atoms with Crippen molar-refractivity contribution in [3.05, 3.63) is 71.9 Å². The van der Waals surface area contributed by atoms with Gasteiger partial charge in [-0.3, -0.25) is 4.79 Å². The first-order valence-electron chi connectivity index (χ1n) is 7.73. The van der Waals surface area contributed by atoms with Crippen LogP contribution in [0.5, 0.6) is 0 Å². The van der Waals surface area contributed by atoms with E-state index >= 15 is 0 Å². The van der Waals surface area contributed by atoms with E-state index in [0.717, 1.165) is 16.3 Å². The number of thioether (sulfide) groups is 1. The Morgan fingerprint density at radius 3 is 2.50 bits per heavy atom. The number of aromatic nitrogens is 2. The number of hydrogen-bond acceptors (Lipinski definition) is 3. The lowest BCUT2D eigenvalue weighted by atomic mass is 10.2. The van der Waals surface area contributed by atoms with Crippen molar-refractivity contribution in [3.8, 4) is 5.69 Å². The predicted octanol–water partition coefficient (Wildman–Crippen LogP) is 4.22. The van der Waals surface area contributed by atoms with Crippen LogP contribution in [0.15, 0.2) is 65.6 Å². The molecule has 4 nitrogen and oxygen atoms in total. The van der Waals surface area contributed by atoms with Crippen molar-refractivity contribution in [3.63, 3.8) is 0 Å². The van der Waals surface area contributed by atoms with Crippen LogP contribution in [0.1, 0.15) is 11.3 Å². The summed E-state index contributed by atoms with van der Waals surface area (Å²) >= 11 is 1.52. The van der Waals surface area contributed by atoms with Crippen LogP contribution >= 0.6 is 11.8 Å². The number of anilines is 1. The van der Waals surface area contributed by atoms with Crippen LogP contribution < -0.4 is 5.32 Å². The molecule has 2 aromatic carbocycles. The zero-order chi connectivity index (χ0) is 16.9. The highest BCUT2D eigenvalue weighted by molar-refractivity contribution is 8.00. The molecule has 1 N–H and O–H groups in total. The monoisotopic (exact) mass is 337 g/mol. The molecule has 0 aliphatic rings. The van der Waals surface area contributed by atoms with E-state index in [1.807, 2.05) is 74.5 Å². The Kier molecular flexibility index (Phi) is 5.01. The van der Waals surface area contributed by atoms with Gasteiger partial charge in [0.05, 0.1) is 17.1 Å². The Hall–Kier alpha value is -2.53. The van der Waals surface area contributed by atoms with Gasteiger partial charge in [-0.2, -0.15) is 5.10 Å². The van der Waals surface area contributed by atoms with E-state index in [-0.39, 0.29) is 5.91 Å². The first-order valence-corrected chi connectivity index (χ1v) is 8.72. The van der Waals surface area contributed by atoms with Crippen LogP contribution in [0.3, 0.4) is 0 Å². The van der Waals surface area contributed by atoms with Crippen LogP contribution in [0.4, 0.5) is 5.82 Å². The number of nitrogens with zero attached hydrogens (tertiary/aromatic N) is 2. The van der Waals surface area contributed by atoms with Gasteiger partial charge in [-0.1, -0.05) is 35.9 Å². The van der Waals surface area contributed by atoms with Crippen molar-refractivity contribution in [2.75, 3.05) is 11.1 Å². The maximum atomic E-state index is 12.3. The van der Waals surface area contributed by atoms with Crippen molar-refractivity contribution >= 4 is 23.5 Å². The number of benzene rings is 2. The van der Waals surface area contributed by atoms with Gasteiger partial charge >= 0.3 is 0 Å². The highest BCUT2D eigenvalue weighted by Crippen LogP contribution is 2.20. The normalized spacial score (nSPS) is 10.6. The Labute approximate surface area is 145 Å². The average molecular weight is 337 g/mol. The van der Waals surface area contributed by atoms with Crippen molar-refractivity contribution in [1.29, 1.82) is 0 Å². The molecular weight excluding hydrogens is 318 g/mol. The van der Waals surface area contributed by atoms with Crippen molar-refractivity contribution in [2.24, 2.45) is 0 Å². The Morgan fingerprint density at radius 1 is 1.08 bits per heavy atom. The van der Waals surface area contributed by atoms with Gasteiger partial charge in [-0.05, 0) is 38.1 Å². The molecule has 0 saturated heterocycles. The maximum Gasteiger partial charge on any atom is 0.235 e. The Balaban J connectivity index is 1.67. The highest BCUT2D eigenvalue weighted by Gasteiger charge is 2.11. The zero-order valence-electron chi connectivity index (χ0n) is 13.7. The van der Waals surface area contributed by atoms with E-state index in [1.54, 1.807) is 4.68 Å². The van der Waals surface area contributed by atoms with Gasteiger partial charge in [-0.15, -0.1) is 11.8 Å². The molecular formula is C19H19N3OS. The topological polar surface area (TPSA) is 46.9 Å². The summed E-state index contributed by atoms with van der Waals surface area (Å²) in [6.45, 7) is 3.96. The van der Waals surface area contributed by atoms with Gasteiger partial charge < -0.3 is 5.32 Å². The smallest absolute Gasteiger partial charge is 0.235 e. The van der Waals surface area contributed by atoms with E-state index in [4.69, 9.17) is 0 Å². The van der Waals surface area contributed by atoms with Crippen LogP contribution in [-0.4, -0.2) is 21.4 Å². The fourth-order valence-corrected chi connectivity index (χ4v) is 3.02. The molecule has 0 spiro atoms. The third-order valence-electron chi connectivity index (χ3n) is 3.49. The van der Waals surface area contributed by atoms with E-state index in [9.17, 15) is 4.79 Å². The molecule has 0 unspecified atom stereocenters. The minimum absolute atomic E-state index is 0.0438. The number of carbonyl (C=O) groups excluding carboxylic acids is 1. The van der Waals surface area contributed by atoms with Crippen LogP contribution in [0, 0.1) is 13.8 Å². The first-order chi connectivity index (χ1) is 11.6. The average Bonchev–Trinajstić information content (AvgIpc) is 2.95. The number of carbonyl (C=O) groups is 1. The minimum atomic E-state index is -0.0438. The van der Waals surface area contributed by atoms with E-state index < -0.39 is 0 Å². The number of aryl methyl sites for hydroxylation is 2. The molecule has 122 valence electrons. The lowest BCUT2D eigenvalue weighted by Crippen LogP contribution is -2.16. The summed E-state index contributed by atoms with van der Waals surface area (Å²) in [5.74, 6) is 1.01. The highest BCUT2D eigenvalue weighted by atomic mass is 32.2. The molecule has 0 atom stereocenters. The second-order valence-corrected chi connectivity index (χ2v) is 6.62. The summed E-state index contributed by atoms with van der Waals surface area (Å²) in [6, 6.07) is 19.8. The summed E-state index contributed by atoms with van der Waals surface area (Å²) in [7, 11) is 0. The summed E-state index contributed by atoms with van der Waals surface area (Å²) in [4.78, 5) is 13.4. The second-order valence-electron chi connectivity index (χ2n) is 5.57. The molecule has 0 radical (unpaired) electrons. The van der Waals surface area contributed by atoms with Crippen molar-refractivity contribution < 1.29 is 4.79 Å². The lowest BCUT2D eigenvalue weighted by molar-refractivity contribution is -0.113. The minimum Gasteiger partial charge on any atom is -0.310 e. The number of hydrogen-bond donors (Lipinski definition) is 1. The van der Waals surface area contributed by atoms with E-state index in [0.29, 0.717) is 11.6 Å². The molecule has 0 aliphatic carbocycles. The van der Waals surface area contributed by atoms with E-state index in [1.165, 1.54) is 17.3 Å². The third-order valence-corrected chi connectivity index (χ3v) is 4.50. The summed E-state index contributed by atoms with van der Waals surface area (Å²) in [5, 5.41) is 7.41.